The molecule has 2 nitrogen and oxygen atoms in total. The number of unbranched alkanes of at least 4 members (excludes halogenated alkanes) is 2. The van der Waals surface area contributed by atoms with Crippen molar-refractivity contribution in [1.29, 1.82) is 0 Å². The zero-order chi connectivity index (χ0) is 13.9. The molecule has 0 aliphatic heterocycles. The third-order valence-electron chi connectivity index (χ3n) is 3.02. The maximum atomic E-state index is 3.81. The van der Waals surface area contributed by atoms with Crippen LogP contribution in [0.1, 0.15) is 26.2 Å². The Kier molecular flexibility index (Phi) is 7.48. The summed E-state index contributed by atoms with van der Waals surface area (Å²) in [6, 6.07) is 8.54. The lowest BCUT2D eigenvalue weighted by Gasteiger charge is -2.22. The molecule has 0 amide bonds. The molecule has 1 N–H and O–H groups in total. The van der Waals surface area contributed by atoms with E-state index in [1.54, 1.807) is 0 Å². The minimum Gasteiger partial charge on any atom is -0.385 e. The largest absolute Gasteiger partial charge is 0.385 e. The summed E-state index contributed by atoms with van der Waals surface area (Å²) in [6.07, 6.45) is 7.61. The number of benzene rings is 1. The Morgan fingerprint density at radius 2 is 1.89 bits per heavy atom. The lowest BCUT2D eigenvalue weighted by molar-refractivity contribution is 0.744. The molecule has 19 heavy (non-hydrogen) atoms. The Bertz CT molecular complexity index is 375. The van der Waals surface area contributed by atoms with Gasteiger partial charge in [-0.25, -0.2) is 0 Å². The van der Waals surface area contributed by atoms with Crippen LogP contribution in [0.2, 0.25) is 0 Å². The Labute approximate surface area is 117 Å². The molecule has 1 aromatic carbocycles. The number of hydrogen-bond donors (Lipinski definition) is 1. The molecule has 1 rings (SSSR count). The van der Waals surface area contributed by atoms with Gasteiger partial charge in [0.1, 0.15) is 0 Å². The van der Waals surface area contributed by atoms with Crippen molar-refractivity contribution in [3.63, 3.8) is 0 Å². The third-order valence-corrected chi connectivity index (χ3v) is 3.02. The fourth-order valence-electron chi connectivity index (χ4n) is 2.02. The van der Waals surface area contributed by atoms with Crippen LogP contribution in [0.5, 0.6) is 0 Å². The van der Waals surface area contributed by atoms with Crippen LogP contribution in [0.4, 0.5) is 11.4 Å². The Morgan fingerprint density at radius 1 is 1.16 bits per heavy atom. The molecule has 0 saturated heterocycles. The van der Waals surface area contributed by atoms with Crippen molar-refractivity contribution < 1.29 is 0 Å². The van der Waals surface area contributed by atoms with E-state index in [0.717, 1.165) is 19.6 Å². The number of nitrogens with one attached hydrogen (secondary N) is 1. The van der Waals surface area contributed by atoms with Crippen molar-refractivity contribution in [2.75, 3.05) is 29.9 Å². The molecule has 0 aromatic heterocycles. The minimum atomic E-state index is 0.839. The van der Waals surface area contributed by atoms with E-state index >= 15 is 0 Å². The van der Waals surface area contributed by atoms with Gasteiger partial charge in [0.2, 0.25) is 0 Å². The van der Waals surface area contributed by atoms with E-state index in [1.165, 1.54) is 30.6 Å². The summed E-state index contributed by atoms with van der Waals surface area (Å²) in [5.74, 6) is 0. The van der Waals surface area contributed by atoms with Gasteiger partial charge in [0.25, 0.3) is 0 Å². The minimum absolute atomic E-state index is 0.839. The van der Waals surface area contributed by atoms with Crippen LogP contribution in [-0.2, 0) is 0 Å². The second-order valence-corrected chi connectivity index (χ2v) is 4.67. The van der Waals surface area contributed by atoms with Crippen LogP contribution in [0, 0.1) is 0 Å². The summed E-state index contributed by atoms with van der Waals surface area (Å²) >= 11 is 0. The van der Waals surface area contributed by atoms with Crippen molar-refractivity contribution >= 4 is 11.4 Å². The number of nitrogens with zero attached hydrogens (tertiary/aromatic N) is 1. The van der Waals surface area contributed by atoms with Crippen molar-refractivity contribution in [3.8, 4) is 0 Å². The molecule has 2 heteroatoms. The standard InChI is InChI=1S/C17H26N2/c1-4-7-8-12-18-16-10-9-11-17(15-16)19(13-5-2)14-6-3/h5-6,9-11,15,18H,2-4,7-8,12-14H2,1H3. The van der Waals surface area contributed by atoms with Crippen molar-refractivity contribution in [3.05, 3.63) is 49.6 Å². The highest BCUT2D eigenvalue weighted by Gasteiger charge is 2.03. The zero-order valence-electron chi connectivity index (χ0n) is 12.1. The maximum absolute atomic E-state index is 3.81. The molecule has 0 aliphatic carbocycles. The Morgan fingerprint density at radius 3 is 2.53 bits per heavy atom. The molecule has 0 aliphatic rings. The first kappa shape index (κ1) is 15.4. The summed E-state index contributed by atoms with van der Waals surface area (Å²) in [7, 11) is 0. The molecule has 1 aromatic rings. The van der Waals surface area contributed by atoms with Crippen LogP contribution in [-0.4, -0.2) is 19.6 Å². The SMILES string of the molecule is C=CCN(CC=C)c1cccc(NCCCCC)c1. The van der Waals surface area contributed by atoms with E-state index in [1.807, 2.05) is 12.2 Å². The number of rotatable bonds is 10. The summed E-state index contributed by atoms with van der Waals surface area (Å²) in [5.41, 5.74) is 2.40. The lowest BCUT2D eigenvalue weighted by Crippen LogP contribution is -2.23. The molecule has 104 valence electrons. The molecule has 0 bridgehead atoms. The predicted molar refractivity (Wildman–Crippen MR) is 87.1 cm³/mol. The summed E-state index contributed by atoms with van der Waals surface area (Å²) in [6.45, 7) is 12.6. The van der Waals surface area contributed by atoms with Gasteiger partial charge >= 0.3 is 0 Å². The number of anilines is 2. The average molecular weight is 258 g/mol. The molecule has 0 unspecified atom stereocenters. The lowest BCUT2D eigenvalue weighted by atomic mass is 10.2. The smallest absolute Gasteiger partial charge is 0.0392 e. The van der Waals surface area contributed by atoms with E-state index in [4.69, 9.17) is 0 Å². The van der Waals surface area contributed by atoms with Gasteiger partial charge in [-0.3, -0.25) is 0 Å². The normalized spacial score (nSPS) is 9.95. The van der Waals surface area contributed by atoms with E-state index in [9.17, 15) is 0 Å². The van der Waals surface area contributed by atoms with Crippen LogP contribution >= 0.6 is 0 Å². The van der Waals surface area contributed by atoms with Gasteiger partial charge in [-0.1, -0.05) is 38.0 Å². The molecule has 0 fully saturated rings. The van der Waals surface area contributed by atoms with Gasteiger partial charge < -0.3 is 10.2 Å². The third kappa shape index (κ3) is 5.64. The topological polar surface area (TPSA) is 15.3 Å². The Hall–Kier alpha value is -1.70. The molecule has 0 radical (unpaired) electrons. The molecule has 0 heterocycles. The number of hydrogen-bond acceptors (Lipinski definition) is 2. The monoisotopic (exact) mass is 258 g/mol. The average Bonchev–Trinajstić information content (AvgIpc) is 2.44. The zero-order valence-corrected chi connectivity index (χ0v) is 12.1. The first-order chi connectivity index (χ1) is 9.31. The van der Waals surface area contributed by atoms with Crippen molar-refractivity contribution in [2.45, 2.75) is 26.2 Å². The molecule has 0 spiro atoms. The van der Waals surface area contributed by atoms with Gasteiger partial charge in [-0.05, 0) is 24.6 Å². The molecular weight excluding hydrogens is 232 g/mol. The quantitative estimate of drug-likeness (QED) is 0.492. The van der Waals surface area contributed by atoms with Gasteiger partial charge in [0.05, 0.1) is 0 Å². The van der Waals surface area contributed by atoms with Crippen molar-refractivity contribution in [2.24, 2.45) is 0 Å². The summed E-state index contributed by atoms with van der Waals surface area (Å²) in [4.78, 5) is 2.25. The Balaban J connectivity index is 2.63. The van der Waals surface area contributed by atoms with Gasteiger partial charge in [-0.2, -0.15) is 0 Å². The van der Waals surface area contributed by atoms with Crippen LogP contribution in [0.3, 0.4) is 0 Å². The van der Waals surface area contributed by atoms with E-state index in [0.29, 0.717) is 0 Å². The predicted octanol–water partition coefficient (Wildman–Crippen LogP) is 4.47. The fourth-order valence-corrected chi connectivity index (χ4v) is 2.02. The summed E-state index contributed by atoms with van der Waals surface area (Å²) in [5, 5.41) is 3.48. The molecule has 0 atom stereocenters. The van der Waals surface area contributed by atoms with Gasteiger partial charge in [0.15, 0.2) is 0 Å². The second kappa shape index (κ2) is 9.26. The van der Waals surface area contributed by atoms with Crippen molar-refractivity contribution in [1.82, 2.24) is 0 Å². The molecular formula is C17H26N2. The van der Waals surface area contributed by atoms with Crippen LogP contribution in [0.15, 0.2) is 49.6 Å². The van der Waals surface area contributed by atoms with Gasteiger partial charge in [-0.15, -0.1) is 13.2 Å². The second-order valence-electron chi connectivity index (χ2n) is 4.67. The highest BCUT2D eigenvalue weighted by molar-refractivity contribution is 5.58. The highest BCUT2D eigenvalue weighted by atomic mass is 15.1. The first-order valence-corrected chi connectivity index (χ1v) is 7.12. The van der Waals surface area contributed by atoms with E-state index in [-0.39, 0.29) is 0 Å². The molecule has 0 saturated carbocycles. The highest BCUT2D eigenvalue weighted by Crippen LogP contribution is 2.19. The fraction of sp³-hybridized carbons (Fsp3) is 0.412. The first-order valence-electron chi connectivity index (χ1n) is 7.12. The van der Waals surface area contributed by atoms with Crippen LogP contribution in [0.25, 0.3) is 0 Å². The van der Waals surface area contributed by atoms with Crippen LogP contribution < -0.4 is 10.2 Å². The van der Waals surface area contributed by atoms with E-state index < -0.39 is 0 Å². The maximum Gasteiger partial charge on any atom is 0.0392 e. The van der Waals surface area contributed by atoms with Gasteiger partial charge in [0, 0.05) is 31.0 Å². The van der Waals surface area contributed by atoms with E-state index in [2.05, 4.69) is 54.6 Å². The summed E-state index contributed by atoms with van der Waals surface area (Å²) < 4.78 is 0.